The number of hydrazone groups is 1. The molecule has 140 valence electrons. The van der Waals surface area contributed by atoms with Crippen LogP contribution in [-0.4, -0.2) is 55.9 Å². The van der Waals surface area contributed by atoms with E-state index in [2.05, 4.69) is 15.8 Å². The molecule has 1 fully saturated rings. The summed E-state index contributed by atoms with van der Waals surface area (Å²) >= 11 is 4.85. The SMILES string of the molecule is CC(F)C(=S)NC[C@H]1CN(c2ccc(N3C=NNCC3)c(F)c2)C(=O)O1. The molecule has 0 aliphatic carbocycles. The molecule has 1 unspecified atom stereocenters. The number of hydrogen-bond acceptors (Lipinski definition) is 6. The molecule has 26 heavy (non-hydrogen) atoms. The zero-order chi connectivity index (χ0) is 18.7. The summed E-state index contributed by atoms with van der Waals surface area (Å²) < 4.78 is 32.7. The van der Waals surface area contributed by atoms with E-state index in [1.54, 1.807) is 17.0 Å². The summed E-state index contributed by atoms with van der Waals surface area (Å²) in [5.74, 6) is -0.461. The largest absolute Gasteiger partial charge is 0.442 e. The number of carbonyl (C=O) groups is 1. The van der Waals surface area contributed by atoms with E-state index < -0.39 is 24.2 Å². The van der Waals surface area contributed by atoms with Crippen molar-refractivity contribution >= 4 is 41.0 Å². The van der Waals surface area contributed by atoms with Crippen molar-refractivity contribution in [3.63, 3.8) is 0 Å². The smallest absolute Gasteiger partial charge is 0.414 e. The summed E-state index contributed by atoms with van der Waals surface area (Å²) in [5, 5.41) is 6.63. The third-order valence-corrected chi connectivity index (χ3v) is 4.51. The first-order valence-electron chi connectivity index (χ1n) is 8.18. The second kappa shape index (κ2) is 7.81. The number of thiocarbonyl (C=S) groups is 1. The first-order chi connectivity index (χ1) is 12.5. The second-order valence-corrected chi connectivity index (χ2v) is 6.40. The van der Waals surface area contributed by atoms with Gasteiger partial charge in [-0.1, -0.05) is 12.2 Å². The molecule has 2 aliphatic rings. The molecule has 7 nitrogen and oxygen atoms in total. The van der Waals surface area contributed by atoms with Gasteiger partial charge in [0.05, 0.1) is 31.0 Å². The molecule has 0 radical (unpaired) electrons. The van der Waals surface area contributed by atoms with Crippen LogP contribution in [0.4, 0.5) is 25.0 Å². The van der Waals surface area contributed by atoms with Gasteiger partial charge in [0.25, 0.3) is 0 Å². The van der Waals surface area contributed by atoms with Crippen LogP contribution in [0.2, 0.25) is 0 Å². The first kappa shape index (κ1) is 18.3. The van der Waals surface area contributed by atoms with E-state index in [4.69, 9.17) is 17.0 Å². The van der Waals surface area contributed by atoms with Crippen LogP contribution < -0.4 is 20.5 Å². The Balaban J connectivity index is 1.66. The minimum absolute atomic E-state index is 0.0626. The molecule has 1 amide bonds. The number of ether oxygens (including phenoxy) is 1. The number of amides is 1. The topological polar surface area (TPSA) is 69.2 Å². The van der Waals surface area contributed by atoms with Crippen molar-refractivity contribution < 1.29 is 18.3 Å². The van der Waals surface area contributed by atoms with E-state index in [0.717, 1.165) is 0 Å². The van der Waals surface area contributed by atoms with E-state index in [-0.39, 0.29) is 18.1 Å². The van der Waals surface area contributed by atoms with Crippen molar-refractivity contribution in [2.24, 2.45) is 5.10 Å². The van der Waals surface area contributed by atoms with Crippen molar-refractivity contribution in [1.82, 2.24) is 10.7 Å². The lowest BCUT2D eigenvalue weighted by molar-refractivity contribution is 0.142. The number of nitrogens with one attached hydrogen (secondary N) is 2. The molecule has 10 heteroatoms. The molecule has 1 aromatic rings. The summed E-state index contributed by atoms with van der Waals surface area (Å²) in [4.78, 5) is 15.2. The fourth-order valence-electron chi connectivity index (χ4n) is 2.68. The van der Waals surface area contributed by atoms with Crippen LogP contribution >= 0.6 is 12.2 Å². The molecule has 0 bridgehead atoms. The van der Waals surface area contributed by atoms with Crippen LogP contribution in [0, 0.1) is 5.82 Å². The van der Waals surface area contributed by atoms with Crippen LogP contribution in [0.15, 0.2) is 23.3 Å². The normalized spacial score (nSPS) is 20.6. The summed E-state index contributed by atoms with van der Waals surface area (Å²) in [7, 11) is 0. The molecule has 2 aliphatic heterocycles. The van der Waals surface area contributed by atoms with Crippen molar-refractivity contribution in [3.8, 4) is 0 Å². The molecule has 0 aromatic heterocycles. The zero-order valence-electron chi connectivity index (χ0n) is 14.1. The molecule has 1 aromatic carbocycles. The molecule has 3 rings (SSSR count). The number of nitrogens with zero attached hydrogens (tertiary/aromatic N) is 3. The maximum absolute atomic E-state index is 14.5. The highest BCUT2D eigenvalue weighted by atomic mass is 32.1. The highest BCUT2D eigenvalue weighted by Gasteiger charge is 2.33. The van der Waals surface area contributed by atoms with Gasteiger partial charge in [-0.25, -0.2) is 13.6 Å². The van der Waals surface area contributed by atoms with Crippen molar-refractivity contribution in [2.75, 3.05) is 36.0 Å². The van der Waals surface area contributed by atoms with Gasteiger partial charge in [0, 0.05) is 6.54 Å². The summed E-state index contributed by atoms with van der Waals surface area (Å²) in [6, 6.07) is 4.54. The van der Waals surface area contributed by atoms with Gasteiger partial charge in [0.15, 0.2) is 0 Å². The van der Waals surface area contributed by atoms with E-state index >= 15 is 0 Å². The highest BCUT2D eigenvalue weighted by Crippen LogP contribution is 2.27. The van der Waals surface area contributed by atoms with Gasteiger partial charge < -0.3 is 20.4 Å². The lowest BCUT2D eigenvalue weighted by Crippen LogP contribution is -2.37. The average molecular weight is 383 g/mol. The number of halogens is 2. The summed E-state index contributed by atoms with van der Waals surface area (Å²) in [5.41, 5.74) is 3.57. The predicted octanol–water partition coefficient (Wildman–Crippen LogP) is 1.78. The van der Waals surface area contributed by atoms with Gasteiger partial charge in [0.1, 0.15) is 29.4 Å². The molecule has 0 spiro atoms. The summed E-state index contributed by atoms with van der Waals surface area (Å²) in [6.07, 6.45) is -0.829. The highest BCUT2D eigenvalue weighted by molar-refractivity contribution is 7.80. The summed E-state index contributed by atoms with van der Waals surface area (Å²) in [6.45, 7) is 2.96. The van der Waals surface area contributed by atoms with Crippen LogP contribution in [0.25, 0.3) is 0 Å². The van der Waals surface area contributed by atoms with Crippen LogP contribution in [0.1, 0.15) is 6.92 Å². The lowest BCUT2D eigenvalue weighted by atomic mass is 10.2. The van der Waals surface area contributed by atoms with Crippen molar-refractivity contribution in [2.45, 2.75) is 19.2 Å². The fourth-order valence-corrected chi connectivity index (χ4v) is 2.76. The lowest BCUT2D eigenvalue weighted by Gasteiger charge is -2.24. The Kier molecular flexibility index (Phi) is 5.50. The van der Waals surface area contributed by atoms with Crippen LogP contribution in [0.5, 0.6) is 0 Å². The number of rotatable bonds is 5. The van der Waals surface area contributed by atoms with E-state index in [1.165, 1.54) is 24.2 Å². The molecular weight excluding hydrogens is 364 g/mol. The second-order valence-electron chi connectivity index (χ2n) is 5.96. The Morgan fingerprint density at radius 1 is 1.58 bits per heavy atom. The van der Waals surface area contributed by atoms with Gasteiger partial charge in [0.2, 0.25) is 0 Å². The number of cyclic esters (lactones) is 1. The van der Waals surface area contributed by atoms with Crippen molar-refractivity contribution in [3.05, 3.63) is 24.0 Å². The van der Waals surface area contributed by atoms with Gasteiger partial charge in [-0.05, 0) is 25.1 Å². The minimum atomic E-state index is -1.27. The number of hydrogen-bond donors (Lipinski definition) is 2. The molecule has 0 saturated carbocycles. The van der Waals surface area contributed by atoms with E-state index in [1.807, 2.05) is 0 Å². The van der Waals surface area contributed by atoms with E-state index in [0.29, 0.717) is 24.5 Å². The number of carbonyl (C=O) groups excluding carboxylic acids is 1. The Bertz CT molecular complexity index is 731. The Morgan fingerprint density at radius 3 is 3.04 bits per heavy atom. The van der Waals surface area contributed by atoms with Gasteiger partial charge in [-0.2, -0.15) is 5.10 Å². The Morgan fingerprint density at radius 2 is 2.38 bits per heavy atom. The maximum atomic E-state index is 14.5. The number of anilines is 2. The maximum Gasteiger partial charge on any atom is 0.414 e. The van der Waals surface area contributed by atoms with Gasteiger partial charge in [-0.3, -0.25) is 4.90 Å². The van der Waals surface area contributed by atoms with Crippen LogP contribution in [-0.2, 0) is 4.74 Å². The zero-order valence-corrected chi connectivity index (χ0v) is 14.9. The Hall–Kier alpha value is -2.49. The molecule has 2 N–H and O–H groups in total. The first-order valence-corrected chi connectivity index (χ1v) is 8.58. The average Bonchev–Trinajstić information content (AvgIpc) is 3.01. The molecule has 2 atom stereocenters. The Labute approximate surface area is 155 Å². The van der Waals surface area contributed by atoms with Gasteiger partial charge >= 0.3 is 6.09 Å². The monoisotopic (exact) mass is 383 g/mol. The third-order valence-electron chi connectivity index (χ3n) is 4.04. The van der Waals surface area contributed by atoms with Crippen molar-refractivity contribution in [1.29, 1.82) is 0 Å². The van der Waals surface area contributed by atoms with E-state index in [9.17, 15) is 13.6 Å². The minimum Gasteiger partial charge on any atom is -0.442 e. The quantitative estimate of drug-likeness (QED) is 0.756. The third kappa shape index (κ3) is 4.01. The number of alkyl halides is 1. The molecule has 1 saturated heterocycles. The fraction of sp³-hybridized carbons (Fsp3) is 0.438. The predicted molar refractivity (Wildman–Crippen MR) is 99.0 cm³/mol. The van der Waals surface area contributed by atoms with Crippen LogP contribution in [0.3, 0.4) is 0 Å². The standard InChI is InChI=1S/C16H19F2N5O2S/c1-10(17)15(26)19-7-12-8-23(16(24)25-12)11-2-3-14(13(18)6-11)22-5-4-20-21-9-22/h2-3,6,9-10,12,20H,4-5,7-8H2,1H3,(H,19,26)/t10?,12-/m0/s1. The molecule has 2 heterocycles. The molecular formula is C16H19F2N5O2S. The van der Waals surface area contributed by atoms with Gasteiger partial charge in [-0.15, -0.1) is 0 Å². The number of benzene rings is 1.